The fraction of sp³-hybridized carbons (Fsp3) is 0.125. The number of fused-ring (bicyclic) bond motifs is 1. The molecule has 8 heteroatoms. The maximum atomic E-state index is 13.3. The number of nitrogens with one attached hydrogen (secondary N) is 1. The largest absolute Gasteiger partial charge is 0.495 e. The van der Waals surface area contributed by atoms with E-state index in [0.717, 1.165) is 5.56 Å². The molecule has 32 heavy (non-hydrogen) atoms. The zero-order valence-electron chi connectivity index (χ0n) is 17.2. The van der Waals surface area contributed by atoms with Crippen LogP contribution in [0.25, 0.3) is 16.6 Å². The van der Waals surface area contributed by atoms with Crippen LogP contribution < -0.4 is 15.6 Å². The monoisotopic (exact) mass is 465 g/mol. The van der Waals surface area contributed by atoms with Crippen LogP contribution in [0.2, 0.25) is 5.02 Å². The molecule has 0 spiro atoms. The number of hydrogen-bond donors (Lipinski definition) is 1. The van der Waals surface area contributed by atoms with Gasteiger partial charge in [-0.1, -0.05) is 59.8 Å². The number of carbonyl (C=O) groups is 1. The van der Waals surface area contributed by atoms with Crippen molar-refractivity contribution in [1.82, 2.24) is 14.9 Å². The summed E-state index contributed by atoms with van der Waals surface area (Å²) in [6.07, 6.45) is 0. The van der Waals surface area contributed by atoms with Crippen LogP contribution >= 0.6 is 23.4 Å². The van der Waals surface area contributed by atoms with Gasteiger partial charge in [0, 0.05) is 11.6 Å². The number of methoxy groups -OCH3 is 1. The number of amides is 1. The number of aromatic nitrogens is 2. The number of nitrogens with zero attached hydrogens (tertiary/aromatic N) is 2. The molecule has 0 aliphatic carbocycles. The molecule has 1 N–H and O–H groups in total. The van der Waals surface area contributed by atoms with Gasteiger partial charge in [0.05, 0.1) is 29.5 Å². The van der Waals surface area contributed by atoms with Gasteiger partial charge in [0.15, 0.2) is 5.16 Å². The molecule has 0 unspecified atom stereocenters. The van der Waals surface area contributed by atoms with E-state index in [-0.39, 0.29) is 17.2 Å². The standard InChI is InChI=1S/C24H20ClN3O3S/c1-31-21-9-5-4-8-20(21)28-23(30)18-6-2-3-7-19(18)27-24(28)32-15-22(29)26-14-16-10-12-17(25)13-11-16/h2-13H,14-15H2,1H3,(H,26,29). The van der Waals surface area contributed by atoms with Crippen LogP contribution in [0.5, 0.6) is 5.75 Å². The van der Waals surface area contributed by atoms with Gasteiger partial charge in [0.25, 0.3) is 5.56 Å². The van der Waals surface area contributed by atoms with Crippen molar-refractivity contribution in [2.24, 2.45) is 0 Å². The van der Waals surface area contributed by atoms with Crippen LogP contribution in [0, 0.1) is 0 Å². The van der Waals surface area contributed by atoms with Crippen molar-refractivity contribution in [1.29, 1.82) is 0 Å². The number of thioether (sulfide) groups is 1. The predicted octanol–water partition coefficient (Wildman–Crippen LogP) is 4.46. The first-order valence-electron chi connectivity index (χ1n) is 9.86. The lowest BCUT2D eigenvalue weighted by Crippen LogP contribution is -2.26. The molecular formula is C24H20ClN3O3S. The van der Waals surface area contributed by atoms with Gasteiger partial charge in [-0.2, -0.15) is 0 Å². The summed E-state index contributed by atoms with van der Waals surface area (Å²) in [5.41, 5.74) is 1.88. The number of para-hydroxylation sites is 3. The first-order valence-corrected chi connectivity index (χ1v) is 11.2. The topological polar surface area (TPSA) is 73.2 Å². The van der Waals surface area contributed by atoms with E-state index >= 15 is 0 Å². The van der Waals surface area contributed by atoms with E-state index in [1.54, 1.807) is 49.6 Å². The van der Waals surface area contributed by atoms with Crippen molar-refractivity contribution in [3.05, 3.63) is 93.7 Å². The zero-order valence-corrected chi connectivity index (χ0v) is 18.8. The molecule has 162 valence electrons. The third-order valence-electron chi connectivity index (χ3n) is 4.81. The van der Waals surface area contributed by atoms with Gasteiger partial charge in [0.2, 0.25) is 5.91 Å². The maximum absolute atomic E-state index is 13.3. The van der Waals surface area contributed by atoms with Crippen molar-refractivity contribution < 1.29 is 9.53 Å². The number of carbonyl (C=O) groups excluding carboxylic acids is 1. The van der Waals surface area contributed by atoms with Gasteiger partial charge in [-0.05, 0) is 42.0 Å². The molecule has 1 aromatic heterocycles. The zero-order chi connectivity index (χ0) is 22.5. The molecule has 0 atom stereocenters. The number of halogens is 1. The Morgan fingerprint density at radius 3 is 2.56 bits per heavy atom. The third kappa shape index (κ3) is 4.79. The van der Waals surface area contributed by atoms with Crippen LogP contribution in [-0.4, -0.2) is 28.3 Å². The molecule has 1 amide bonds. The van der Waals surface area contributed by atoms with Crippen molar-refractivity contribution in [3.63, 3.8) is 0 Å². The maximum Gasteiger partial charge on any atom is 0.266 e. The highest BCUT2D eigenvalue weighted by atomic mass is 35.5. The Kier molecular flexibility index (Phi) is 6.78. The third-order valence-corrected chi connectivity index (χ3v) is 6.00. The summed E-state index contributed by atoms with van der Waals surface area (Å²) in [5.74, 6) is 0.479. The molecular weight excluding hydrogens is 446 g/mol. The molecule has 4 rings (SSSR count). The Bertz CT molecular complexity index is 1320. The van der Waals surface area contributed by atoms with E-state index in [9.17, 15) is 9.59 Å². The number of rotatable bonds is 7. The molecule has 0 saturated carbocycles. The lowest BCUT2D eigenvalue weighted by molar-refractivity contribution is -0.118. The molecule has 0 aliphatic heterocycles. The summed E-state index contributed by atoms with van der Waals surface area (Å²) in [7, 11) is 1.55. The van der Waals surface area contributed by atoms with Crippen molar-refractivity contribution in [3.8, 4) is 11.4 Å². The van der Waals surface area contributed by atoms with Crippen LogP contribution in [0.15, 0.2) is 82.7 Å². The fourth-order valence-electron chi connectivity index (χ4n) is 3.22. The Morgan fingerprint density at radius 2 is 1.78 bits per heavy atom. The van der Waals surface area contributed by atoms with Gasteiger partial charge >= 0.3 is 0 Å². The quantitative estimate of drug-likeness (QED) is 0.322. The fourth-order valence-corrected chi connectivity index (χ4v) is 4.18. The van der Waals surface area contributed by atoms with Gasteiger partial charge in [-0.3, -0.25) is 14.2 Å². The smallest absolute Gasteiger partial charge is 0.266 e. The lowest BCUT2D eigenvalue weighted by atomic mass is 10.2. The summed E-state index contributed by atoms with van der Waals surface area (Å²) in [6.45, 7) is 0.390. The van der Waals surface area contributed by atoms with E-state index in [1.807, 2.05) is 30.3 Å². The Hall–Kier alpha value is -3.29. The molecule has 1 heterocycles. The highest BCUT2D eigenvalue weighted by Crippen LogP contribution is 2.27. The van der Waals surface area contributed by atoms with Gasteiger partial charge in [0.1, 0.15) is 5.75 Å². The molecule has 0 bridgehead atoms. The Balaban J connectivity index is 1.62. The summed E-state index contributed by atoms with van der Waals surface area (Å²) in [6, 6.07) is 21.7. The average Bonchev–Trinajstić information content (AvgIpc) is 2.82. The van der Waals surface area contributed by atoms with Crippen molar-refractivity contribution in [2.45, 2.75) is 11.7 Å². The van der Waals surface area contributed by atoms with Crippen LogP contribution in [0.4, 0.5) is 0 Å². The highest BCUT2D eigenvalue weighted by molar-refractivity contribution is 7.99. The molecule has 6 nitrogen and oxygen atoms in total. The first-order chi connectivity index (χ1) is 15.6. The molecule has 3 aromatic carbocycles. The minimum absolute atomic E-state index is 0.105. The van der Waals surface area contributed by atoms with Crippen LogP contribution in [0.3, 0.4) is 0 Å². The SMILES string of the molecule is COc1ccccc1-n1c(SCC(=O)NCc2ccc(Cl)cc2)nc2ccccc2c1=O. The summed E-state index contributed by atoms with van der Waals surface area (Å²) < 4.78 is 6.96. The number of hydrogen-bond acceptors (Lipinski definition) is 5. The Morgan fingerprint density at radius 1 is 1.06 bits per heavy atom. The summed E-state index contributed by atoms with van der Waals surface area (Å²) in [4.78, 5) is 30.5. The molecule has 0 fully saturated rings. The van der Waals surface area contributed by atoms with E-state index < -0.39 is 0 Å². The van der Waals surface area contributed by atoms with Crippen LogP contribution in [0.1, 0.15) is 5.56 Å². The van der Waals surface area contributed by atoms with Crippen molar-refractivity contribution in [2.75, 3.05) is 12.9 Å². The molecule has 0 aliphatic rings. The van der Waals surface area contributed by atoms with E-state index in [2.05, 4.69) is 10.3 Å². The Labute approximate surface area is 194 Å². The first kappa shape index (κ1) is 21.9. The molecule has 0 saturated heterocycles. The second-order valence-corrected chi connectivity index (χ2v) is 8.29. The number of ether oxygens (including phenoxy) is 1. The highest BCUT2D eigenvalue weighted by Gasteiger charge is 2.17. The van der Waals surface area contributed by atoms with E-state index in [1.165, 1.54) is 16.3 Å². The second-order valence-electron chi connectivity index (χ2n) is 6.92. The van der Waals surface area contributed by atoms with E-state index in [0.29, 0.717) is 39.1 Å². The second kappa shape index (κ2) is 9.89. The molecule has 4 aromatic rings. The molecule has 0 radical (unpaired) electrons. The van der Waals surface area contributed by atoms with Gasteiger partial charge in [-0.15, -0.1) is 0 Å². The van der Waals surface area contributed by atoms with Crippen LogP contribution in [-0.2, 0) is 11.3 Å². The minimum atomic E-state index is -0.218. The number of benzene rings is 3. The predicted molar refractivity (Wildman–Crippen MR) is 128 cm³/mol. The summed E-state index contributed by atoms with van der Waals surface area (Å²) >= 11 is 7.10. The lowest BCUT2D eigenvalue weighted by Gasteiger charge is -2.15. The summed E-state index contributed by atoms with van der Waals surface area (Å²) in [5, 5.41) is 4.44. The minimum Gasteiger partial charge on any atom is -0.495 e. The van der Waals surface area contributed by atoms with Gasteiger partial charge in [-0.25, -0.2) is 4.98 Å². The van der Waals surface area contributed by atoms with Gasteiger partial charge < -0.3 is 10.1 Å². The van der Waals surface area contributed by atoms with Crippen molar-refractivity contribution >= 4 is 40.2 Å². The van der Waals surface area contributed by atoms with E-state index in [4.69, 9.17) is 16.3 Å². The normalized spacial score (nSPS) is 10.8. The average molecular weight is 466 g/mol.